The predicted molar refractivity (Wildman–Crippen MR) is 57.9 cm³/mol. The van der Waals surface area contributed by atoms with Crippen molar-refractivity contribution in [3.63, 3.8) is 0 Å². The Morgan fingerprint density at radius 3 is 2.69 bits per heavy atom. The molecule has 1 aromatic heterocycles. The molecular weight excluding hydrogens is 180 g/mol. The molecule has 1 aliphatic rings. The molecule has 70 valence electrons. The van der Waals surface area contributed by atoms with E-state index in [1.54, 1.807) is 6.20 Å². The molecule has 0 bridgehead atoms. The summed E-state index contributed by atoms with van der Waals surface area (Å²) >= 11 is 2.04. The Labute approximate surface area is 82.9 Å². The van der Waals surface area contributed by atoms with Crippen molar-refractivity contribution in [1.29, 1.82) is 0 Å². The smallest absolute Gasteiger partial charge is 0.0501 e. The minimum absolute atomic E-state index is 0.668. The van der Waals surface area contributed by atoms with Crippen molar-refractivity contribution in [2.45, 2.75) is 18.8 Å². The van der Waals surface area contributed by atoms with Gasteiger partial charge in [0.15, 0.2) is 0 Å². The monoisotopic (exact) mass is 194 g/mol. The molecule has 2 N–H and O–H groups in total. The summed E-state index contributed by atoms with van der Waals surface area (Å²) in [6.45, 7) is 0. The molecule has 0 amide bonds. The number of nitrogens with two attached hydrogens (primary N) is 1. The Hall–Kier alpha value is -0.700. The molecule has 0 atom stereocenters. The van der Waals surface area contributed by atoms with Crippen LogP contribution in [-0.2, 0) is 0 Å². The lowest BCUT2D eigenvalue weighted by molar-refractivity contribution is 0.619. The predicted octanol–water partition coefficient (Wildman–Crippen LogP) is 2.27. The fraction of sp³-hybridized carbons (Fsp3) is 0.500. The quantitative estimate of drug-likeness (QED) is 0.745. The van der Waals surface area contributed by atoms with E-state index in [9.17, 15) is 0 Å². The first-order chi connectivity index (χ1) is 6.36. The first kappa shape index (κ1) is 8.88. The second-order valence-corrected chi connectivity index (χ2v) is 4.63. The van der Waals surface area contributed by atoms with E-state index in [0.717, 1.165) is 5.69 Å². The molecule has 1 saturated heterocycles. The lowest BCUT2D eigenvalue weighted by atomic mass is 9.98. The van der Waals surface area contributed by atoms with Crippen molar-refractivity contribution in [3.05, 3.63) is 24.0 Å². The average Bonchev–Trinajstić information content (AvgIpc) is 2.20. The molecule has 2 heterocycles. The summed E-state index contributed by atoms with van der Waals surface area (Å²) in [5, 5.41) is 0. The maximum atomic E-state index is 5.59. The molecule has 13 heavy (non-hydrogen) atoms. The van der Waals surface area contributed by atoms with Gasteiger partial charge in [-0.05, 0) is 36.5 Å². The largest absolute Gasteiger partial charge is 0.397 e. The number of thioether (sulfide) groups is 1. The van der Waals surface area contributed by atoms with Crippen LogP contribution in [0.15, 0.2) is 18.3 Å². The number of hydrogen-bond acceptors (Lipinski definition) is 3. The third-order valence-corrected chi connectivity index (χ3v) is 3.50. The Kier molecular flexibility index (Phi) is 2.74. The fourth-order valence-corrected chi connectivity index (χ4v) is 2.76. The van der Waals surface area contributed by atoms with Gasteiger partial charge in [-0.3, -0.25) is 4.98 Å². The number of rotatable bonds is 1. The van der Waals surface area contributed by atoms with Gasteiger partial charge in [0.25, 0.3) is 0 Å². The lowest BCUT2D eigenvalue weighted by Gasteiger charge is -2.20. The first-order valence-corrected chi connectivity index (χ1v) is 5.81. The number of nitrogen functional groups attached to an aromatic ring is 1. The van der Waals surface area contributed by atoms with E-state index in [0.29, 0.717) is 5.92 Å². The van der Waals surface area contributed by atoms with E-state index in [2.05, 4.69) is 11.1 Å². The van der Waals surface area contributed by atoms with E-state index in [1.165, 1.54) is 30.0 Å². The fourth-order valence-electron chi connectivity index (χ4n) is 1.65. The summed E-state index contributed by atoms with van der Waals surface area (Å²) < 4.78 is 0. The van der Waals surface area contributed by atoms with Crippen molar-refractivity contribution < 1.29 is 0 Å². The number of pyridine rings is 1. The SMILES string of the molecule is Nc1ccc(C2CCSCC2)nc1. The Balaban J connectivity index is 2.10. The van der Waals surface area contributed by atoms with Crippen LogP contribution >= 0.6 is 11.8 Å². The highest BCUT2D eigenvalue weighted by molar-refractivity contribution is 7.99. The summed E-state index contributed by atoms with van der Waals surface area (Å²) in [7, 11) is 0. The van der Waals surface area contributed by atoms with Crippen LogP contribution in [0, 0.1) is 0 Å². The van der Waals surface area contributed by atoms with E-state index < -0.39 is 0 Å². The summed E-state index contributed by atoms with van der Waals surface area (Å²) in [5.74, 6) is 3.22. The molecule has 2 nitrogen and oxygen atoms in total. The van der Waals surface area contributed by atoms with Crippen molar-refractivity contribution >= 4 is 17.4 Å². The van der Waals surface area contributed by atoms with Crippen molar-refractivity contribution in [3.8, 4) is 0 Å². The van der Waals surface area contributed by atoms with E-state index in [1.807, 2.05) is 17.8 Å². The summed E-state index contributed by atoms with van der Waals surface area (Å²) in [5.41, 5.74) is 7.57. The normalized spacial score (nSPS) is 18.8. The van der Waals surface area contributed by atoms with Gasteiger partial charge in [0.1, 0.15) is 0 Å². The second kappa shape index (κ2) is 4.01. The molecule has 3 heteroatoms. The van der Waals surface area contributed by atoms with Gasteiger partial charge in [-0.2, -0.15) is 11.8 Å². The van der Waals surface area contributed by atoms with Crippen LogP contribution in [0.4, 0.5) is 5.69 Å². The minimum Gasteiger partial charge on any atom is -0.397 e. The molecule has 0 radical (unpaired) electrons. The zero-order chi connectivity index (χ0) is 9.10. The van der Waals surface area contributed by atoms with E-state index >= 15 is 0 Å². The maximum absolute atomic E-state index is 5.59. The molecule has 0 aliphatic carbocycles. The van der Waals surface area contributed by atoms with Gasteiger partial charge >= 0.3 is 0 Å². The maximum Gasteiger partial charge on any atom is 0.0501 e. The molecule has 0 spiro atoms. The highest BCUT2D eigenvalue weighted by atomic mass is 32.2. The van der Waals surface area contributed by atoms with Gasteiger partial charge in [0, 0.05) is 11.6 Å². The number of anilines is 1. The molecule has 0 saturated carbocycles. The molecule has 1 aliphatic heterocycles. The van der Waals surface area contributed by atoms with Gasteiger partial charge in [0.2, 0.25) is 0 Å². The van der Waals surface area contributed by atoms with Crippen LogP contribution < -0.4 is 5.73 Å². The van der Waals surface area contributed by atoms with E-state index in [-0.39, 0.29) is 0 Å². The van der Waals surface area contributed by atoms with Crippen LogP contribution in [0.5, 0.6) is 0 Å². The van der Waals surface area contributed by atoms with E-state index in [4.69, 9.17) is 5.73 Å². The summed E-state index contributed by atoms with van der Waals surface area (Å²) in [4.78, 5) is 4.37. The van der Waals surface area contributed by atoms with Gasteiger partial charge in [-0.1, -0.05) is 0 Å². The zero-order valence-electron chi connectivity index (χ0n) is 7.57. The topological polar surface area (TPSA) is 38.9 Å². The van der Waals surface area contributed by atoms with Crippen molar-refractivity contribution in [2.24, 2.45) is 0 Å². The van der Waals surface area contributed by atoms with Crippen molar-refractivity contribution in [2.75, 3.05) is 17.2 Å². The highest BCUT2D eigenvalue weighted by Crippen LogP contribution is 2.30. The second-order valence-electron chi connectivity index (χ2n) is 3.40. The standard InChI is InChI=1S/C10H14N2S/c11-9-1-2-10(12-7-9)8-3-5-13-6-4-8/h1-2,7-8H,3-6,11H2. The summed E-state index contributed by atoms with van der Waals surface area (Å²) in [6, 6.07) is 4.01. The van der Waals surface area contributed by atoms with Crippen LogP contribution in [0.2, 0.25) is 0 Å². The molecule has 1 fully saturated rings. The van der Waals surface area contributed by atoms with Crippen LogP contribution in [0.3, 0.4) is 0 Å². The van der Waals surface area contributed by atoms with Gasteiger partial charge in [-0.15, -0.1) is 0 Å². The minimum atomic E-state index is 0.668. The van der Waals surface area contributed by atoms with Crippen LogP contribution in [-0.4, -0.2) is 16.5 Å². The lowest BCUT2D eigenvalue weighted by Crippen LogP contribution is -2.09. The van der Waals surface area contributed by atoms with Gasteiger partial charge < -0.3 is 5.73 Å². The van der Waals surface area contributed by atoms with Crippen LogP contribution in [0.1, 0.15) is 24.5 Å². The van der Waals surface area contributed by atoms with Gasteiger partial charge in [0.05, 0.1) is 11.9 Å². The molecule has 1 aromatic rings. The first-order valence-electron chi connectivity index (χ1n) is 4.65. The average molecular weight is 194 g/mol. The molecule has 0 unspecified atom stereocenters. The Bertz CT molecular complexity index is 265. The van der Waals surface area contributed by atoms with Crippen LogP contribution in [0.25, 0.3) is 0 Å². The number of aromatic nitrogens is 1. The number of nitrogens with zero attached hydrogens (tertiary/aromatic N) is 1. The third-order valence-electron chi connectivity index (χ3n) is 2.45. The molecule has 0 aromatic carbocycles. The molecule has 2 rings (SSSR count). The van der Waals surface area contributed by atoms with Gasteiger partial charge in [-0.25, -0.2) is 0 Å². The number of hydrogen-bond donors (Lipinski definition) is 1. The third kappa shape index (κ3) is 2.15. The zero-order valence-corrected chi connectivity index (χ0v) is 8.39. The Morgan fingerprint density at radius 1 is 1.31 bits per heavy atom. The Morgan fingerprint density at radius 2 is 2.08 bits per heavy atom. The molecular formula is C10H14N2S. The van der Waals surface area contributed by atoms with Crippen molar-refractivity contribution in [1.82, 2.24) is 4.98 Å². The summed E-state index contributed by atoms with van der Waals surface area (Å²) in [6.07, 6.45) is 4.29. The highest BCUT2D eigenvalue weighted by Gasteiger charge is 2.16.